The molecule has 0 radical (unpaired) electrons. The standard InChI is InChI=1S/C14H20S/c1-12-6-5-9-14(11-10-12)15-13-7-3-2-4-8-13/h5,9-11,13H,2-4,6-8H2,1H3. The highest BCUT2D eigenvalue weighted by molar-refractivity contribution is 8.03. The van der Waals surface area contributed by atoms with E-state index in [1.807, 2.05) is 0 Å². The molecular weight excluding hydrogens is 200 g/mol. The molecule has 0 unspecified atom stereocenters. The van der Waals surface area contributed by atoms with E-state index >= 15 is 0 Å². The van der Waals surface area contributed by atoms with Gasteiger partial charge in [0.05, 0.1) is 0 Å². The zero-order valence-corrected chi connectivity index (χ0v) is 10.4. The third-order valence-electron chi connectivity index (χ3n) is 3.11. The molecule has 0 amide bonds. The summed E-state index contributed by atoms with van der Waals surface area (Å²) in [6.07, 6.45) is 17.4. The maximum absolute atomic E-state index is 2.30. The topological polar surface area (TPSA) is 0 Å². The third-order valence-corrected chi connectivity index (χ3v) is 4.46. The van der Waals surface area contributed by atoms with E-state index in [2.05, 4.69) is 43.0 Å². The summed E-state index contributed by atoms with van der Waals surface area (Å²) < 4.78 is 0. The minimum atomic E-state index is 0.876. The van der Waals surface area contributed by atoms with Gasteiger partial charge in [0.2, 0.25) is 0 Å². The fourth-order valence-corrected chi connectivity index (χ4v) is 3.44. The first-order valence-electron chi connectivity index (χ1n) is 6.05. The minimum Gasteiger partial charge on any atom is -0.123 e. The molecule has 0 bridgehead atoms. The molecular formula is C14H20S. The summed E-state index contributed by atoms with van der Waals surface area (Å²) in [6, 6.07) is 0. The Kier molecular flexibility index (Phi) is 4.13. The molecule has 0 atom stereocenters. The van der Waals surface area contributed by atoms with Gasteiger partial charge in [0.1, 0.15) is 0 Å². The highest BCUT2D eigenvalue weighted by Crippen LogP contribution is 2.34. The van der Waals surface area contributed by atoms with Crippen LogP contribution in [0.1, 0.15) is 45.4 Å². The van der Waals surface area contributed by atoms with Gasteiger partial charge in [-0.2, -0.15) is 0 Å². The molecule has 0 nitrogen and oxygen atoms in total. The molecule has 0 saturated heterocycles. The molecule has 2 aliphatic rings. The van der Waals surface area contributed by atoms with Crippen molar-refractivity contribution in [1.82, 2.24) is 0 Å². The second-order valence-corrected chi connectivity index (χ2v) is 5.94. The molecule has 0 aliphatic heterocycles. The fraction of sp³-hybridized carbons (Fsp3) is 0.571. The van der Waals surface area contributed by atoms with E-state index in [9.17, 15) is 0 Å². The van der Waals surface area contributed by atoms with Crippen molar-refractivity contribution >= 4 is 11.8 Å². The van der Waals surface area contributed by atoms with Crippen LogP contribution in [0.2, 0.25) is 0 Å². The third kappa shape index (κ3) is 3.57. The van der Waals surface area contributed by atoms with Crippen molar-refractivity contribution in [1.29, 1.82) is 0 Å². The molecule has 15 heavy (non-hydrogen) atoms. The van der Waals surface area contributed by atoms with Crippen molar-refractivity contribution in [3.8, 4) is 0 Å². The average molecular weight is 220 g/mol. The van der Waals surface area contributed by atoms with Gasteiger partial charge in [0.15, 0.2) is 0 Å². The van der Waals surface area contributed by atoms with Crippen LogP contribution in [0.25, 0.3) is 0 Å². The Morgan fingerprint density at radius 1 is 1.13 bits per heavy atom. The molecule has 2 rings (SSSR count). The zero-order valence-electron chi connectivity index (χ0n) is 9.54. The van der Waals surface area contributed by atoms with Crippen molar-refractivity contribution in [2.24, 2.45) is 0 Å². The number of thioether (sulfide) groups is 1. The molecule has 0 spiro atoms. The van der Waals surface area contributed by atoms with E-state index < -0.39 is 0 Å². The van der Waals surface area contributed by atoms with Crippen molar-refractivity contribution < 1.29 is 0 Å². The van der Waals surface area contributed by atoms with Crippen LogP contribution in [0.3, 0.4) is 0 Å². The molecule has 82 valence electrons. The lowest BCUT2D eigenvalue weighted by Crippen LogP contribution is -2.07. The summed E-state index contributed by atoms with van der Waals surface area (Å²) in [4.78, 5) is 1.46. The Hall–Kier alpha value is -0.430. The molecule has 0 heterocycles. The van der Waals surface area contributed by atoms with Crippen LogP contribution in [0.15, 0.2) is 34.8 Å². The normalized spacial score (nSPS) is 23.3. The van der Waals surface area contributed by atoms with E-state index in [4.69, 9.17) is 0 Å². The number of allylic oxidation sites excluding steroid dienone is 5. The fourth-order valence-electron chi connectivity index (χ4n) is 2.16. The van der Waals surface area contributed by atoms with E-state index in [-0.39, 0.29) is 0 Å². The summed E-state index contributed by atoms with van der Waals surface area (Å²) in [5, 5.41) is 0.876. The van der Waals surface area contributed by atoms with Crippen molar-refractivity contribution in [2.45, 2.75) is 50.7 Å². The quantitative estimate of drug-likeness (QED) is 0.641. The highest BCUT2D eigenvalue weighted by Gasteiger charge is 2.14. The molecule has 0 aromatic heterocycles. The SMILES string of the molecule is CC1=CC=C(SC2CCCCC2)C=CC1. The zero-order chi connectivity index (χ0) is 10.5. The first-order chi connectivity index (χ1) is 7.34. The van der Waals surface area contributed by atoms with Gasteiger partial charge in [-0.05, 0) is 32.3 Å². The predicted molar refractivity (Wildman–Crippen MR) is 70.1 cm³/mol. The van der Waals surface area contributed by atoms with Gasteiger partial charge in [-0.15, -0.1) is 11.8 Å². The average Bonchev–Trinajstić information content (AvgIpc) is 2.46. The molecule has 0 N–H and O–H groups in total. The second-order valence-electron chi connectivity index (χ2n) is 4.57. The molecule has 1 fully saturated rings. The Morgan fingerprint density at radius 3 is 2.73 bits per heavy atom. The molecule has 1 saturated carbocycles. The van der Waals surface area contributed by atoms with Crippen LogP contribution in [-0.2, 0) is 0 Å². The Balaban J connectivity index is 1.92. The highest BCUT2D eigenvalue weighted by atomic mass is 32.2. The maximum Gasteiger partial charge on any atom is 0.00944 e. The van der Waals surface area contributed by atoms with Gasteiger partial charge < -0.3 is 0 Å². The number of hydrogen-bond donors (Lipinski definition) is 0. The smallest absolute Gasteiger partial charge is 0.00944 e. The van der Waals surface area contributed by atoms with Crippen molar-refractivity contribution in [3.05, 3.63) is 34.8 Å². The van der Waals surface area contributed by atoms with Crippen molar-refractivity contribution in [2.75, 3.05) is 0 Å². The summed E-state index contributed by atoms with van der Waals surface area (Å²) in [6.45, 7) is 2.20. The van der Waals surface area contributed by atoms with Gasteiger partial charge in [0, 0.05) is 10.2 Å². The Labute approximate surface area is 97.5 Å². The summed E-state index contributed by atoms with van der Waals surface area (Å²) in [5.41, 5.74) is 1.46. The largest absolute Gasteiger partial charge is 0.123 e. The van der Waals surface area contributed by atoms with Gasteiger partial charge >= 0.3 is 0 Å². The van der Waals surface area contributed by atoms with E-state index in [0.717, 1.165) is 11.7 Å². The lowest BCUT2D eigenvalue weighted by atomic mass is 10.0. The number of rotatable bonds is 2. The van der Waals surface area contributed by atoms with E-state index in [0.29, 0.717) is 0 Å². The first kappa shape index (κ1) is 11.1. The monoisotopic (exact) mass is 220 g/mol. The lowest BCUT2D eigenvalue weighted by molar-refractivity contribution is 0.517. The Morgan fingerprint density at radius 2 is 1.93 bits per heavy atom. The summed E-state index contributed by atoms with van der Waals surface area (Å²) in [7, 11) is 0. The molecule has 2 aliphatic carbocycles. The number of hydrogen-bond acceptors (Lipinski definition) is 1. The van der Waals surface area contributed by atoms with Crippen LogP contribution >= 0.6 is 11.8 Å². The van der Waals surface area contributed by atoms with Gasteiger partial charge in [0.25, 0.3) is 0 Å². The molecule has 0 aromatic carbocycles. The van der Waals surface area contributed by atoms with Crippen LogP contribution in [0, 0.1) is 0 Å². The van der Waals surface area contributed by atoms with Crippen molar-refractivity contribution in [3.63, 3.8) is 0 Å². The van der Waals surface area contributed by atoms with Crippen LogP contribution in [0.4, 0.5) is 0 Å². The molecule has 0 aromatic rings. The lowest BCUT2D eigenvalue weighted by Gasteiger charge is -2.21. The minimum absolute atomic E-state index is 0.876. The van der Waals surface area contributed by atoms with E-state index in [1.165, 1.54) is 42.6 Å². The predicted octanol–water partition coefficient (Wildman–Crippen LogP) is 4.84. The summed E-state index contributed by atoms with van der Waals surface area (Å²) in [5.74, 6) is 0. The van der Waals surface area contributed by atoms with Crippen LogP contribution in [-0.4, -0.2) is 5.25 Å². The van der Waals surface area contributed by atoms with Crippen LogP contribution in [0.5, 0.6) is 0 Å². The second kappa shape index (κ2) is 5.60. The van der Waals surface area contributed by atoms with Crippen LogP contribution < -0.4 is 0 Å². The first-order valence-corrected chi connectivity index (χ1v) is 6.93. The van der Waals surface area contributed by atoms with Gasteiger partial charge in [-0.3, -0.25) is 0 Å². The molecule has 1 heteroatoms. The van der Waals surface area contributed by atoms with Gasteiger partial charge in [-0.1, -0.05) is 43.1 Å². The Bertz CT molecular complexity index is 290. The van der Waals surface area contributed by atoms with E-state index in [1.54, 1.807) is 0 Å². The maximum atomic E-state index is 2.30. The summed E-state index contributed by atoms with van der Waals surface area (Å²) >= 11 is 2.09. The van der Waals surface area contributed by atoms with Gasteiger partial charge in [-0.25, -0.2) is 0 Å².